The van der Waals surface area contributed by atoms with Gasteiger partial charge in [-0.05, 0) is 58.2 Å². The number of carbonyl (C=O) groups is 1. The number of carbonyl (C=O) groups excluding carboxylic acids is 1. The van der Waals surface area contributed by atoms with Crippen LogP contribution < -0.4 is 14.8 Å². The van der Waals surface area contributed by atoms with Crippen molar-refractivity contribution in [2.24, 2.45) is 0 Å². The molecular formula is C17H15BrClF2NO3. The summed E-state index contributed by atoms with van der Waals surface area (Å²) in [5.74, 6) is 0.360. The third-order valence-electron chi connectivity index (χ3n) is 3.14. The summed E-state index contributed by atoms with van der Waals surface area (Å²) in [5, 5.41) is 3.29. The summed E-state index contributed by atoms with van der Waals surface area (Å²) in [7, 11) is 0. The largest absolute Gasteiger partial charge is 0.483 e. The number of halogens is 4. The Labute approximate surface area is 157 Å². The molecule has 0 aliphatic rings. The number of nitrogens with one attached hydrogen (secondary N) is 1. The highest BCUT2D eigenvalue weighted by Crippen LogP contribution is 2.27. The highest BCUT2D eigenvalue weighted by molar-refractivity contribution is 9.10. The molecule has 134 valence electrons. The summed E-state index contributed by atoms with van der Waals surface area (Å²) in [5.41, 5.74) is 0.892. The van der Waals surface area contributed by atoms with Crippen LogP contribution in [0.5, 0.6) is 11.5 Å². The molecule has 2 aromatic carbocycles. The monoisotopic (exact) mass is 433 g/mol. The fourth-order valence-corrected chi connectivity index (χ4v) is 2.77. The fraction of sp³-hybridized carbons (Fsp3) is 0.235. The fourth-order valence-electron chi connectivity index (χ4n) is 1.97. The maximum atomic E-state index is 12.1. The van der Waals surface area contributed by atoms with Gasteiger partial charge in [0.1, 0.15) is 11.5 Å². The van der Waals surface area contributed by atoms with E-state index in [9.17, 15) is 13.6 Å². The van der Waals surface area contributed by atoms with Crippen LogP contribution in [0, 0.1) is 0 Å². The van der Waals surface area contributed by atoms with E-state index in [0.29, 0.717) is 28.2 Å². The number of rotatable bonds is 8. The van der Waals surface area contributed by atoms with Gasteiger partial charge in [0, 0.05) is 11.6 Å². The quantitative estimate of drug-likeness (QED) is 0.668. The highest BCUT2D eigenvalue weighted by atomic mass is 79.9. The third-order valence-corrected chi connectivity index (χ3v) is 3.99. The zero-order valence-electron chi connectivity index (χ0n) is 13.0. The SMILES string of the molecule is O=C(COc1ccc(Cl)cc1Br)NCCc1ccc(OC(F)F)cc1. The Bertz CT molecular complexity index is 714. The average molecular weight is 435 g/mol. The van der Waals surface area contributed by atoms with Crippen molar-refractivity contribution in [1.29, 1.82) is 0 Å². The maximum Gasteiger partial charge on any atom is 0.387 e. The summed E-state index contributed by atoms with van der Waals surface area (Å²) in [4.78, 5) is 11.8. The topological polar surface area (TPSA) is 47.6 Å². The van der Waals surface area contributed by atoms with Crippen molar-refractivity contribution in [2.75, 3.05) is 13.2 Å². The lowest BCUT2D eigenvalue weighted by Gasteiger charge is -2.09. The minimum absolute atomic E-state index is 0.102. The molecule has 0 aliphatic carbocycles. The van der Waals surface area contributed by atoms with E-state index in [1.807, 2.05) is 0 Å². The van der Waals surface area contributed by atoms with Gasteiger partial charge in [-0.2, -0.15) is 8.78 Å². The Kier molecular flexibility index (Phi) is 7.46. The minimum atomic E-state index is -2.84. The van der Waals surface area contributed by atoms with Gasteiger partial charge in [-0.15, -0.1) is 0 Å². The molecule has 1 amide bonds. The van der Waals surface area contributed by atoms with Gasteiger partial charge in [-0.1, -0.05) is 23.7 Å². The van der Waals surface area contributed by atoms with Gasteiger partial charge in [0.2, 0.25) is 0 Å². The number of alkyl halides is 2. The zero-order chi connectivity index (χ0) is 18.2. The van der Waals surface area contributed by atoms with Gasteiger partial charge >= 0.3 is 6.61 Å². The molecule has 8 heteroatoms. The van der Waals surface area contributed by atoms with Gasteiger partial charge in [0.05, 0.1) is 4.47 Å². The number of hydrogen-bond donors (Lipinski definition) is 1. The Balaban J connectivity index is 1.71. The first-order valence-electron chi connectivity index (χ1n) is 7.32. The Morgan fingerprint density at radius 3 is 2.56 bits per heavy atom. The zero-order valence-corrected chi connectivity index (χ0v) is 15.3. The lowest BCUT2D eigenvalue weighted by atomic mass is 10.1. The smallest absolute Gasteiger partial charge is 0.387 e. The number of benzene rings is 2. The molecule has 0 aromatic heterocycles. The molecule has 0 heterocycles. The Hall–Kier alpha value is -1.86. The molecule has 2 aromatic rings. The van der Waals surface area contributed by atoms with E-state index in [4.69, 9.17) is 16.3 Å². The predicted octanol–water partition coefficient (Wildman–Crippen LogP) is 4.44. The standard InChI is InChI=1S/C17H15BrClF2NO3/c18-14-9-12(19)3-6-15(14)24-10-16(23)22-8-7-11-1-4-13(5-2-11)25-17(20)21/h1-6,9,17H,7-8,10H2,(H,22,23). The van der Waals surface area contributed by atoms with E-state index in [1.54, 1.807) is 30.3 Å². The van der Waals surface area contributed by atoms with E-state index in [2.05, 4.69) is 26.0 Å². The molecular weight excluding hydrogens is 420 g/mol. The van der Waals surface area contributed by atoms with Crippen LogP contribution in [0.4, 0.5) is 8.78 Å². The summed E-state index contributed by atoms with van der Waals surface area (Å²) in [6.45, 7) is -2.56. The molecule has 0 bridgehead atoms. The van der Waals surface area contributed by atoms with Crippen LogP contribution in [-0.2, 0) is 11.2 Å². The molecule has 0 aliphatic heterocycles. The first-order chi connectivity index (χ1) is 11.9. The van der Waals surface area contributed by atoms with E-state index in [0.717, 1.165) is 5.56 Å². The molecule has 4 nitrogen and oxygen atoms in total. The molecule has 1 N–H and O–H groups in total. The number of amides is 1. The van der Waals surface area contributed by atoms with Crippen molar-refractivity contribution in [3.05, 3.63) is 57.5 Å². The lowest BCUT2D eigenvalue weighted by Crippen LogP contribution is -2.30. The van der Waals surface area contributed by atoms with Crippen LogP contribution in [0.2, 0.25) is 5.02 Å². The van der Waals surface area contributed by atoms with Crippen LogP contribution in [0.3, 0.4) is 0 Å². The summed E-state index contributed by atoms with van der Waals surface area (Å²) < 4.78 is 34.5. The van der Waals surface area contributed by atoms with Crippen molar-refractivity contribution in [2.45, 2.75) is 13.0 Å². The predicted molar refractivity (Wildman–Crippen MR) is 94.4 cm³/mol. The number of ether oxygens (including phenoxy) is 2. The van der Waals surface area contributed by atoms with E-state index < -0.39 is 6.61 Å². The van der Waals surface area contributed by atoms with E-state index in [1.165, 1.54) is 12.1 Å². The summed E-state index contributed by atoms with van der Waals surface area (Å²) in [6, 6.07) is 11.3. The van der Waals surface area contributed by atoms with Gasteiger partial charge < -0.3 is 14.8 Å². The van der Waals surface area contributed by atoms with Gasteiger partial charge in [-0.25, -0.2) is 0 Å². The molecule has 0 saturated heterocycles. The first kappa shape index (κ1) is 19.5. The molecule has 0 spiro atoms. The molecule has 25 heavy (non-hydrogen) atoms. The lowest BCUT2D eigenvalue weighted by molar-refractivity contribution is -0.123. The third kappa shape index (κ3) is 6.88. The van der Waals surface area contributed by atoms with Crippen LogP contribution in [0.1, 0.15) is 5.56 Å². The second kappa shape index (κ2) is 9.58. The van der Waals surface area contributed by atoms with Gasteiger partial charge in [-0.3, -0.25) is 4.79 Å². The van der Waals surface area contributed by atoms with E-state index >= 15 is 0 Å². The van der Waals surface area contributed by atoms with Crippen molar-refractivity contribution in [3.8, 4) is 11.5 Å². The Morgan fingerprint density at radius 2 is 1.92 bits per heavy atom. The molecule has 0 radical (unpaired) electrons. The van der Waals surface area contributed by atoms with Crippen LogP contribution in [0.15, 0.2) is 46.9 Å². The first-order valence-corrected chi connectivity index (χ1v) is 8.49. The average Bonchev–Trinajstić information content (AvgIpc) is 2.55. The van der Waals surface area contributed by atoms with Crippen LogP contribution in [-0.4, -0.2) is 25.7 Å². The molecule has 0 unspecified atom stereocenters. The second-order valence-electron chi connectivity index (χ2n) is 4.99. The Morgan fingerprint density at radius 1 is 1.20 bits per heavy atom. The normalized spacial score (nSPS) is 10.6. The van der Waals surface area contributed by atoms with Gasteiger partial charge in [0.25, 0.3) is 5.91 Å². The van der Waals surface area contributed by atoms with Crippen molar-refractivity contribution >= 4 is 33.4 Å². The highest BCUT2D eigenvalue weighted by Gasteiger charge is 2.07. The van der Waals surface area contributed by atoms with Crippen LogP contribution >= 0.6 is 27.5 Å². The van der Waals surface area contributed by atoms with Crippen molar-refractivity contribution < 1.29 is 23.0 Å². The molecule has 0 atom stereocenters. The van der Waals surface area contributed by atoms with Gasteiger partial charge in [0.15, 0.2) is 6.61 Å². The van der Waals surface area contributed by atoms with E-state index in [-0.39, 0.29) is 18.3 Å². The molecule has 0 saturated carbocycles. The molecule has 2 rings (SSSR count). The van der Waals surface area contributed by atoms with Crippen molar-refractivity contribution in [3.63, 3.8) is 0 Å². The van der Waals surface area contributed by atoms with Crippen LogP contribution in [0.25, 0.3) is 0 Å². The summed E-state index contributed by atoms with van der Waals surface area (Å²) in [6.07, 6.45) is 0.561. The maximum absolute atomic E-state index is 12.1. The summed E-state index contributed by atoms with van der Waals surface area (Å²) >= 11 is 9.13. The van der Waals surface area contributed by atoms with Crippen molar-refractivity contribution in [1.82, 2.24) is 5.32 Å². The minimum Gasteiger partial charge on any atom is -0.483 e. The molecule has 0 fully saturated rings. The second-order valence-corrected chi connectivity index (χ2v) is 6.28. The number of hydrogen-bond acceptors (Lipinski definition) is 3.